The molecule has 0 saturated heterocycles. The van der Waals surface area contributed by atoms with E-state index in [1.807, 2.05) is 48.5 Å². The van der Waals surface area contributed by atoms with Gasteiger partial charge in [-0.05, 0) is 43.9 Å². The summed E-state index contributed by atoms with van der Waals surface area (Å²) in [5, 5.41) is 0. The Kier molecular flexibility index (Phi) is 6.35. The van der Waals surface area contributed by atoms with Gasteiger partial charge in [0.1, 0.15) is 5.82 Å². The fraction of sp³-hybridized carbons (Fsp3) is 0.320. The van der Waals surface area contributed by atoms with Crippen molar-refractivity contribution >= 4 is 23.1 Å². The molecule has 3 N–H and O–H groups in total. The molecular formula is C25H29N5O3. The molecule has 1 atom stereocenters. The van der Waals surface area contributed by atoms with Crippen LogP contribution in [0.1, 0.15) is 31.4 Å². The van der Waals surface area contributed by atoms with E-state index in [1.54, 1.807) is 6.92 Å². The molecule has 0 aliphatic carbocycles. The topological polar surface area (TPSA) is 104 Å². The minimum atomic E-state index is -0.663. The number of hydrogen-bond donors (Lipinski definition) is 2. The number of rotatable bonds is 6. The lowest BCUT2D eigenvalue weighted by Gasteiger charge is -2.37. The lowest BCUT2D eigenvalue weighted by molar-refractivity contribution is -0.117. The van der Waals surface area contributed by atoms with E-state index in [0.29, 0.717) is 0 Å². The Bertz CT molecular complexity index is 1270. The number of hydrogen-bond acceptors (Lipinski definition) is 5. The van der Waals surface area contributed by atoms with Crippen molar-refractivity contribution in [2.75, 3.05) is 28.6 Å². The summed E-state index contributed by atoms with van der Waals surface area (Å²) in [6, 6.07) is 17.6. The molecule has 0 spiro atoms. The first-order valence-corrected chi connectivity index (χ1v) is 11.2. The van der Waals surface area contributed by atoms with Crippen molar-refractivity contribution < 1.29 is 4.79 Å². The van der Waals surface area contributed by atoms with E-state index in [2.05, 4.69) is 22.9 Å². The molecule has 0 saturated carbocycles. The number of nitrogens with two attached hydrogens (primary N) is 1. The summed E-state index contributed by atoms with van der Waals surface area (Å²) in [5.41, 5.74) is 8.17. The van der Waals surface area contributed by atoms with E-state index in [9.17, 15) is 14.4 Å². The molecule has 0 fully saturated rings. The van der Waals surface area contributed by atoms with E-state index in [1.165, 1.54) is 15.0 Å². The second kappa shape index (κ2) is 9.36. The molecule has 4 rings (SSSR count). The van der Waals surface area contributed by atoms with Crippen molar-refractivity contribution in [3.63, 3.8) is 0 Å². The minimum absolute atomic E-state index is 0.0102. The van der Waals surface area contributed by atoms with Crippen LogP contribution >= 0.6 is 0 Å². The number of para-hydroxylation sites is 1. The van der Waals surface area contributed by atoms with Crippen LogP contribution in [0.4, 0.5) is 17.2 Å². The Morgan fingerprint density at radius 1 is 1.12 bits per heavy atom. The molecule has 2 heterocycles. The van der Waals surface area contributed by atoms with Crippen molar-refractivity contribution in [1.29, 1.82) is 0 Å². The number of nitrogen functional groups attached to an aromatic ring is 1. The molecule has 33 heavy (non-hydrogen) atoms. The number of nitrogens with zero attached hydrogens (tertiary/aromatic N) is 3. The SMILES string of the molecule is CCN(C(=O)CN1c2ccccc2CCC1C)c1c(N)n(Cc2ccccc2)c(=O)[nH]c1=O. The molecule has 1 aliphatic heterocycles. The van der Waals surface area contributed by atoms with Gasteiger partial charge in [-0.25, -0.2) is 4.79 Å². The fourth-order valence-electron chi connectivity index (χ4n) is 4.45. The number of likely N-dealkylation sites (N-methyl/N-ethyl adjacent to an activating group) is 1. The maximum atomic E-state index is 13.4. The molecule has 1 aliphatic rings. The second-order valence-electron chi connectivity index (χ2n) is 8.35. The molecule has 0 bridgehead atoms. The zero-order valence-electron chi connectivity index (χ0n) is 19.0. The van der Waals surface area contributed by atoms with Gasteiger partial charge in [0.15, 0.2) is 5.69 Å². The number of amides is 1. The van der Waals surface area contributed by atoms with Gasteiger partial charge in [-0.15, -0.1) is 0 Å². The summed E-state index contributed by atoms with van der Waals surface area (Å²) in [4.78, 5) is 44.5. The molecule has 2 aromatic carbocycles. The normalized spacial score (nSPS) is 15.2. The summed E-state index contributed by atoms with van der Waals surface area (Å²) in [5.74, 6) is -0.266. The number of carbonyl (C=O) groups excluding carboxylic acids is 1. The van der Waals surface area contributed by atoms with Gasteiger partial charge in [0.25, 0.3) is 5.56 Å². The number of carbonyl (C=O) groups is 1. The molecule has 1 amide bonds. The van der Waals surface area contributed by atoms with Crippen LogP contribution in [-0.2, 0) is 17.8 Å². The predicted octanol–water partition coefficient (Wildman–Crippen LogP) is 2.36. The summed E-state index contributed by atoms with van der Waals surface area (Å²) < 4.78 is 1.29. The van der Waals surface area contributed by atoms with Gasteiger partial charge in [-0.3, -0.25) is 19.1 Å². The molecule has 1 unspecified atom stereocenters. The first-order valence-electron chi connectivity index (χ1n) is 11.2. The Morgan fingerprint density at radius 3 is 2.55 bits per heavy atom. The van der Waals surface area contributed by atoms with Gasteiger partial charge < -0.3 is 15.5 Å². The van der Waals surface area contributed by atoms with Crippen LogP contribution in [0.15, 0.2) is 64.2 Å². The Hall–Kier alpha value is -3.81. The number of anilines is 3. The van der Waals surface area contributed by atoms with Crippen molar-refractivity contribution in [2.24, 2.45) is 0 Å². The maximum Gasteiger partial charge on any atom is 0.330 e. The Labute approximate surface area is 192 Å². The van der Waals surface area contributed by atoms with Crippen molar-refractivity contribution in [2.45, 2.75) is 39.3 Å². The van der Waals surface area contributed by atoms with E-state index in [0.717, 1.165) is 24.1 Å². The minimum Gasteiger partial charge on any atom is -0.383 e. The molecular weight excluding hydrogens is 418 g/mol. The predicted molar refractivity (Wildman–Crippen MR) is 131 cm³/mol. The third-order valence-electron chi connectivity index (χ3n) is 6.25. The van der Waals surface area contributed by atoms with Gasteiger partial charge >= 0.3 is 5.69 Å². The highest BCUT2D eigenvalue weighted by Crippen LogP contribution is 2.30. The van der Waals surface area contributed by atoms with Crippen LogP contribution in [-0.4, -0.2) is 34.6 Å². The first kappa shape index (κ1) is 22.4. The van der Waals surface area contributed by atoms with Crippen LogP contribution in [0.25, 0.3) is 0 Å². The van der Waals surface area contributed by atoms with E-state index >= 15 is 0 Å². The monoisotopic (exact) mass is 447 g/mol. The quantitative estimate of drug-likeness (QED) is 0.604. The van der Waals surface area contributed by atoms with E-state index in [4.69, 9.17) is 5.73 Å². The first-order chi connectivity index (χ1) is 15.9. The summed E-state index contributed by atoms with van der Waals surface area (Å²) in [7, 11) is 0. The smallest absolute Gasteiger partial charge is 0.330 e. The zero-order chi connectivity index (χ0) is 23.5. The number of aromatic amines is 1. The van der Waals surface area contributed by atoms with Crippen molar-refractivity contribution in [3.05, 3.63) is 86.6 Å². The van der Waals surface area contributed by atoms with Gasteiger partial charge in [0.05, 0.1) is 13.1 Å². The number of aryl methyl sites for hydroxylation is 1. The Morgan fingerprint density at radius 2 is 1.82 bits per heavy atom. The van der Waals surface area contributed by atoms with Crippen LogP contribution < -0.4 is 26.8 Å². The van der Waals surface area contributed by atoms with Crippen LogP contribution in [0, 0.1) is 0 Å². The van der Waals surface area contributed by atoms with Gasteiger partial charge in [0.2, 0.25) is 5.91 Å². The molecule has 172 valence electrons. The number of H-pyrrole nitrogens is 1. The van der Waals surface area contributed by atoms with Crippen LogP contribution in [0.3, 0.4) is 0 Å². The van der Waals surface area contributed by atoms with Crippen LogP contribution in [0.5, 0.6) is 0 Å². The van der Waals surface area contributed by atoms with Gasteiger partial charge in [0, 0.05) is 18.3 Å². The van der Waals surface area contributed by atoms with Crippen LogP contribution in [0.2, 0.25) is 0 Å². The average Bonchev–Trinajstić information content (AvgIpc) is 2.81. The lowest BCUT2D eigenvalue weighted by Crippen LogP contribution is -2.48. The second-order valence-corrected chi connectivity index (χ2v) is 8.35. The number of aromatic nitrogens is 2. The maximum absolute atomic E-state index is 13.4. The largest absolute Gasteiger partial charge is 0.383 e. The zero-order valence-corrected chi connectivity index (χ0v) is 19.0. The highest BCUT2D eigenvalue weighted by molar-refractivity contribution is 5.98. The molecule has 8 heteroatoms. The summed E-state index contributed by atoms with van der Waals surface area (Å²) in [6.45, 7) is 4.44. The molecule has 8 nitrogen and oxygen atoms in total. The summed E-state index contributed by atoms with van der Waals surface area (Å²) >= 11 is 0. The molecule has 0 radical (unpaired) electrons. The highest BCUT2D eigenvalue weighted by atomic mass is 16.2. The Balaban J connectivity index is 1.68. The fourth-order valence-corrected chi connectivity index (χ4v) is 4.45. The molecule has 3 aromatic rings. The van der Waals surface area contributed by atoms with Gasteiger partial charge in [-0.1, -0.05) is 48.5 Å². The van der Waals surface area contributed by atoms with Crippen molar-refractivity contribution in [3.8, 4) is 0 Å². The third-order valence-corrected chi connectivity index (χ3v) is 6.25. The summed E-state index contributed by atoms with van der Waals surface area (Å²) in [6.07, 6.45) is 1.91. The number of nitrogens with one attached hydrogen (secondary N) is 1. The molecule has 1 aromatic heterocycles. The number of fused-ring (bicyclic) bond motifs is 1. The lowest BCUT2D eigenvalue weighted by atomic mass is 9.96. The highest BCUT2D eigenvalue weighted by Gasteiger charge is 2.29. The standard InChI is InChI=1S/C25H29N5O3/c1-3-28(21(31)16-29-17(2)13-14-19-11-7-8-12-20(19)29)22-23(26)30(25(33)27-24(22)32)15-18-9-5-4-6-10-18/h4-12,17H,3,13-16,26H2,1-2H3,(H,27,32,33). The average molecular weight is 448 g/mol. The van der Waals surface area contributed by atoms with Crippen molar-refractivity contribution in [1.82, 2.24) is 9.55 Å². The third kappa shape index (κ3) is 4.41. The number of benzene rings is 2. The van der Waals surface area contributed by atoms with Gasteiger partial charge in [-0.2, -0.15) is 0 Å². The van der Waals surface area contributed by atoms with E-state index < -0.39 is 11.2 Å². The van der Waals surface area contributed by atoms with E-state index in [-0.39, 0.29) is 43.1 Å².